The molecular weight excluding hydrogens is 212 g/mol. The Balaban J connectivity index is 2.15. The molecule has 0 bridgehead atoms. The number of likely N-dealkylation sites (tertiary alicyclic amines) is 1. The first-order chi connectivity index (χ1) is 7.99. The molecule has 0 aliphatic carbocycles. The zero-order valence-corrected chi connectivity index (χ0v) is 11.6. The minimum absolute atomic E-state index is 0.426. The summed E-state index contributed by atoms with van der Waals surface area (Å²) in [5.74, 6) is 0. The fourth-order valence-corrected chi connectivity index (χ4v) is 2.63. The summed E-state index contributed by atoms with van der Waals surface area (Å²) in [4.78, 5) is 2.37. The molecule has 1 unspecified atom stereocenters. The highest BCUT2D eigenvalue weighted by Crippen LogP contribution is 2.24. The van der Waals surface area contributed by atoms with Crippen LogP contribution in [0.5, 0.6) is 0 Å². The Kier molecular flexibility index (Phi) is 3.43. The van der Waals surface area contributed by atoms with Gasteiger partial charge in [-0.2, -0.15) is 5.10 Å². The van der Waals surface area contributed by atoms with Crippen molar-refractivity contribution in [3.63, 3.8) is 0 Å². The van der Waals surface area contributed by atoms with E-state index in [1.54, 1.807) is 0 Å². The van der Waals surface area contributed by atoms with E-state index in [2.05, 4.69) is 54.7 Å². The number of hydrogen-bond donors (Lipinski definition) is 1. The summed E-state index contributed by atoms with van der Waals surface area (Å²) in [6.45, 7) is 10.9. The molecule has 1 aliphatic heterocycles. The van der Waals surface area contributed by atoms with Crippen LogP contribution in [-0.2, 0) is 0 Å². The van der Waals surface area contributed by atoms with E-state index in [-0.39, 0.29) is 0 Å². The smallest absolute Gasteiger partial charge is 0.0828 e. The zero-order valence-electron chi connectivity index (χ0n) is 11.6. The molecule has 4 heteroatoms. The molecular formula is C13H24N4. The molecule has 1 aliphatic rings. The molecule has 0 radical (unpaired) electrons. The molecule has 1 aromatic rings. The monoisotopic (exact) mass is 236 g/mol. The topological polar surface area (TPSA) is 33.1 Å². The van der Waals surface area contributed by atoms with Crippen molar-refractivity contribution in [3.05, 3.63) is 11.4 Å². The van der Waals surface area contributed by atoms with E-state index in [0.717, 1.165) is 12.2 Å². The van der Waals surface area contributed by atoms with E-state index in [0.29, 0.717) is 12.1 Å². The van der Waals surface area contributed by atoms with Gasteiger partial charge >= 0.3 is 0 Å². The van der Waals surface area contributed by atoms with Crippen molar-refractivity contribution in [2.75, 3.05) is 25.5 Å². The molecule has 17 heavy (non-hydrogen) atoms. The molecule has 0 amide bonds. The van der Waals surface area contributed by atoms with Gasteiger partial charge in [-0.25, -0.2) is 0 Å². The van der Waals surface area contributed by atoms with E-state index in [1.807, 2.05) is 0 Å². The van der Waals surface area contributed by atoms with E-state index >= 15 is 0 Å². The van der Waals surface area contributed by atoms with Gasteiger partial charge in [0.1, 0.15) is 0 Å². The SMILES string of the molecule is Cc1nn(C(C)C)c(C)c1NC1CCN(C)C1. The first-order valence-electron chi connectivity index (χ1n) is 6.49. The molecule has 4 nitrogen and oxygen atoms in total. The Hall–Kier alpha value is -1.03. The second-order valence-corrected chi connectivity index (χ2v) is 5.48. The molecule has 1 N–H and O–H groups in total. The van der Waals surface area contributed by atoms with Gasteiger partial charge in [-0.1, -0.05) is 0 Å². The third-order valence-electron chi connectivity index (χ3n) is 3.55. The van der Waals surface area contributed by atoms with Gasteiger partial charge in [-0.15, -0.1) is 0 Å². The highest BCUT2D eigenvalue weighted by atomic mass is 15.3. The fraction of sp³-hybridized carbons (Fsp3) is 0.769. The van der Waals surface area contributed by atoms with Crippen LogP contribution in [0.4, 0.5) is 5.69 Å². The summed E-state index contributed by atoms with van der Waals surface area (Å²) in [5, 5.41) is 8.27. The Morgan fingerprint density at radius 3 is 2.53 bits per heavy atom. The predicted molar refractivity (Wildman–Crippen MR) is 71.6 cm³/mol. The number of hydrogen-bond acceptors (Lipinski definition) is 3. The lowest BCUT2D eigenvalue weighted by Gasteiger charge is -2.15. The van der Waals surface area contributed by atoms with E-state index in [1.165, 1.54) is 24.3 Å². The minimum Gasteiger partial charge on any atom is -0.378 e. The van der Waals surface area contributed by atoms with Crippen LogP contribution in [0.3, 0.4) is 0 Å². The van der Waals surface area contributed by atoms with Gasteiger partial charge < -0.3 is 10.2 Å². The minimum atomic E-state index is 0.426. The summed E-state index contributed by atoms with van der Waals surface area (Å²) in [6.07, 6.45) is 1.22. The Morgan fingerprint density at radius 1 is 1.35 bits per heavy atom. The maximum Gasteiger partial charge on any atom is 0.0828 e. The van der Waals surface area contributed by atoms with Crippen molar-refractivity contribution in [3.8, 4) is 0 Å². The number of aryl methyl sites for hydroxylation is 1. The summed E-state index contributed by atoms with van der Waals surface area (Å²) in [7, 11) is 2.18. The number of anilines is 1. The first kappa shape index (κ1) is 12.4. The predicted octanol–water partition coefficient (Wildman–Crippen LogP) is 2.20. The number of likely N-dealkylation sites (N-methyl/N-ethyl adjacent to an activating group) is 1. The summed E-state index contributed by atoms with van der Waals surface area (Å²) in [6, 6.07) is 0.998. The fourth-order valence-electron chi connectivity index (χ4n) is 2.63. The van der Waals surface area contributed by atoms with Crippen LogP contribution in [0.2, 0.25) is 0 Å². The van der Waals surface area contributed by atoms with Crippen molar-refractivity contribution in [2.45, 2.75) is 46.2 Å². The largest absolute Gasteiger partial charge is 0.378 e. The highest BCUT2D eigenvalue weighted by Gasteiger charge is 2.22. The molecule has 96 valence electrons. The lowest BCUT2D eigenvalue weighted by Crippen LogP contribution is -2.24. The van der Waals surface area contributed by atoms with Crippen molar-refractivity contribution >= 4 is 5.69 Å². The van der Waals surface area contributed by atoms with E-state index < -0.39 is 0 Å². The Bertz CT molecular complexity index is 394. The number of rotatable bonds is 3. The third kappa shape index (κ3) is 2.46. The Morgan fingerprint density at radius 2 is 2.06 bits per heavy atom. The van der Waals surface area contributed by atoms with Crippen LogP contribution in [0, 0.1) is 13.8 Å². The van der Waals surface area contributed by atoms with Crippen molar-refractivity contribution in [2.24, 2.45) is 0 Å². The normalized spacial score (nSPS) is 21.4. The number of nitrogens with zero attached hydrogens (tertiary/aromatic N) is 3. The summed E-state index contributed by atoms with van der Waals surface area (Å²) in [5.41, 5.74) is 3.61. The van der Waals surface area contributed by atoms with Gasteiger partial charge in [-0.3, -0.25) is 4.68 Å². The lowest BCUT2D eigenvalue weighted by molar-refractivity contribution is 0.414. The zero-order chi connectivity index (χ0) is 12.6. The molecule has 0 saturated carbocycles. The Labute approximate surface area is 104 Å². The second-order valence-electron chi connectivity index (χ2n) is 5.48. The van der Waals surface area contributed by atoms with Gasteiger partial charge in [0.2, 0.25) is 0 Å². The van der Waals surface area contributed by atoms with Crippen molar-refractivity contribution in [1.29, 1.82) is 0 Å². The van der Waals surface area contributed by atoms with Crippen molar-refractivity contribution in [1.82, 2.24) is 14.7 Å². The average Bonchev–Trinajstić information content (AvgIpc) is 2.77. The van der Waals surface area contributed by atoms with Crippen LogP contribution in [0.15, 0.2) is 0 Å². The maximum atomic E-state index is 4.61. The standard InChI is InChI=1S/C13H24N4/c1-9(2)17-11(4)13(10(3)15-17)14-12-6-7-16(5)8-12/h9,12,14H,6-8H2,1-5H3. The van der Waals surface area contributed by atoms with Crippen LogP contribution in [0.25, 0.3) is 0 Å². The molecule has 1 fully saturated rings. The van der Waals surface area contributed by atoms with E-state index in [9.17, 15) is 0 Å². The molecule has 0 aromatic carbocycles. The molecule has 2 rings (SSSR count). The quantitative estimate of drug-likeness (QED) is 0.873. The van der Waals surface area contributed by atoms with E-state index in [4.69, 9.17) is 0 Å². The van der Waals surface area contributed by atoms with Gasteiger partial charge in [0.15, 0.2) is 0 Å². The maximum absolute atomic E-state index is 4.61. The highest BCUT2D eigenvalue weighted by molar-refractivity contribution is 5.53. The molecule has 1 aromatic heterocycles. The van der Waals surface area contributed by atoms with Gasteiger partial charge in [-0.05, 0) is 47.7 Å². The summed E-state index contributed by atoms with van der Waals surface area (Å²) < 4.78 is 2.11. The van der Waals surface area contributed by atoms with Gasteiger partial charge in [0.25, 0.3) is 0 Å². The molecule has 2 heterocycles. The van der Waals surface area contributed by atoms with Crippen LogP contribution in [-0.4, -0.2) is 40.9 Å². The second kappa shape index (κ2) is 4.69. The first-order valence-corrected chi connectivity index (χ1v) is 6.49. The summed E-state index contributed by atoms with van der Waals surface area (Å²) >= 11 is 0. The van der Waals surface area contributed by atoms with Crippen LogP contribution < -0.4 is 5.32 Å². The van der Waals surface area contributed by atoms with Crippen molar-refractivity contribution < 1.29 is 0 Å². The third-order valence-corrected chi connectivity index (χ3v) is 3.55. The lowest BCUT2D eigenvalue weighted by atomic mass is 10.2. The number of nitrogens with one attached hydrogen (secondary N) is 1. The average molecular weight is 236 g/mol. The molecule has 0 spiro atoms. The van der Waals surface area contributed by atoms with Gasteiger partial charge in [0, 0.05) is 18.6 Å². The number of aromatic nitrogens is 2. The molecule has 1 saturated heterocycles. The van der Waals surface area contributed by atoms with Gasteiger partial charge in [0.05, 0.1) is 17.1 Å². The van der Waals surface area contributed by atoms with Crippen LogP contribution >= 0.6 is 0 Å². The molecule has 1 atom stereocenters. The van der Waals surface area contributed by atoms with Crippen LogP contribution in [0.1, 0.15) is 37.7 Å².